The molecule has 0 aliphatic carbocycles. The van der Waals surface area contributed by atoms with E-state index >= 15 is 0 Å². The number of fused-ring (bicyclic) bond motifs is 1. The number of aromatic nitrogens is 3. The third-order valence-corrected chi connectivity index (χ3v) is 6.63. The molecule has 0 spiro atoms. The molecule has 0 N–H and O–H groups in total. The maximum Gasteiger partial charge on any atom is 0.262 e. The second-order valence-electron chi connectivity index (χ2n) is 6.53. The first kappa shape index (κ1) is 19.7. The van der Waals surface area contributed by atoms with E-state index < -0.39 is 0 Å². The van der Waals surface area contributed by atoms with Crippen molar-refractivity contribution in [3.63, 3.8) is 0 Å². The molecular formula is C22H21N3O2S2. The molecule has 0 radical (unpaired) electrons. The van der Waals surface area contributed by atoms with Crippen molar-refractivity contribution >= 4 is 34.0 Å². The topological polar surface area (TPSA) is 57.0 Å². The Labute approximate surface area is 177 Å². The fourth-order valence-electron chi connectivity index (χ4n) is 3.03. The maximum atomic E-state index is 13.2. The van der Waals surface area contributed by atoms with Gasteiger partial charge in [-0.1, -0.05) is 43.0 Å². The molecule has 5 nitrogen and oxygen atoms in total. The number of aryl methyl sites for hydroxylation is 1. The fraction of sp³-hybridized carbons (Fsp3) is 0.227. The quantitative estimate of drug-likeness (QED) is 0.317. The Morgan fingerprint density at radius 3 is 2.62 bits per heavy atom. The molecular weight excluding hydrogens is 402 g/mol. The minimum atomic E-state index is -0.0264. The van der Waals surface area contributed by atoms with Gasteiger partial charge in [0.15, 0.2) is 5.16 Å². The molecule has 4 rings (SSSR count). The maximum absolute atomic E-state index is 13.2. The van der Waals surface area contributed by atoms with Gasteiger partial charge in [-0.3, -0.25) is 9.36 Å². The SMILES string of the molecule is CCc1nc(CSc2nc3ccccc3c(=O)n2Cc2ccc(OC)cc2)cs1. The van der Waals surface area contributed by atoms with Crippen LogP contribution >= 0.6 is 23.1 Å². The molecule has 2 aromatic carbocycles. The highest BCUT2D eigenvalue weighted by Crippen LogP contribution is 2.24. The molecule has 0 fully saturated rings. The summed E-state index contributed by atoms with van der Waals surface area (Å²) in [6.07, 6.45) is 0.936. The van der Waals surface area contributed by atoms with Crippen LogP contribution in [-0.4, -0.2) is 21.6 Å². The zero-order valence-corrected chi connectivity index (χ0v) is 17.9. The van der Waals surface area contributed by atoms with Gasteiger partial charge in [0.05, 0.1) is 35.3 Å². The predicted molar refractivity (Wildman–Crippen MR) is 119 cm³/mol. The Balaban J connectivity index is 1.70. The smallest absolute Gasteiger partial charge is 0.262 e. The number of hydrogen-bond donors (Lipinski definition) is 0. The van der Waals surface area contributed by atoms with Crippen LogP contribution in [0.15, 0.2) is 63.9 Å². The van der Waals surface area contributed by atoms with Gasteiger partial charge in [0, 0.05) is 11.1 Å². The molecule has 0 aliphatic heterocycles. The number of thiazole rings is 1. The summed E-state index contributed by atoms with van der Waals surface area (Å²) in [4.78, 5) is 22.6. The molecule has 0 aliphatic rings. The van der Waals surface area contributed by atoms with Gasteiger partial charge in [0.1, 0.15) is 5.75 Å². The highest BCUT2D eigenvalue weighted by molar-refractivity contribution is 7.98. The third-order valence-electron chi connectivity index (χ3n) is 4.58. The molecule has 2 aromatic heterocycles. The summed E-state index contributed by atoms with van der Waals surface area (Å²) in [6, 6.07) is 15.3. The van der Waals surface area contributed by atoms with Gasteiger partial charge in [0.2, 0.25) is 0 Å². The summed E-state index contributed by atoms with van der Waals surface area (Å²) in [5.41, 5.74) is 2.74. The first-order chi connectivity index (χ1) is 14.2. The Morgan fingerprint density at radius 2 is 1.90 bits per heavy atom. The Bertz CT molecular complexity index is 1180. The summed E-state index contributed by atoms with van der Waals surface area (Å²) in [6.45, 7) is 2.56. The third kappa shape index (κ3) is 4.36. The number of hydrogen-bond acceptors (Lipinski definition) is 6. The van der Waals surface area contributed by atoms with Crippen molar-refractivity contribution in [2.24, 2.45) is 0 Å². The van der Waals surface area contributed by atoms with Crippen LogP contribution in [0.1, 0.15) is 23.2 Å². The molecule has 0 bridgehead atoms. The largest absolute Gasteiger partial charge is 0.497 e. The van der Waals surface area contributed by atoms with Crippen molar-refractivity contribution in [3.05, 3.63) is 80.5 Å². The molecule has 0 atom stereocenters. The van der Waals surface area contributed by atoms with Gasteiger partial charge < -0.3 is 4.74 Å². The van der Waals surface area contributed by atoms with Gasteiger partial charge in [-0.2, -0.15) is 0 Å². The standard InChI is InChI=1S/C22H21N3O2S2/c1-3-20-23-16(13-28-20)14-29-22-24-19-7-5-4-6-18(19)21(26)25(22)12-15-8-10-17(27-2)11-9-15/h4-11,13H,3,12,14H2,1-2H3. The molecule has 2 heterocycles. The zero-order chi connectivity index (χ0) is 20.2. The van der Waals surface area contributed by atoms with Crippen LogP contribution in [-0.2, 0) is 18.7 Å². The van der Waals surface area contributed by atoms with Crippen molar-refractivity contribution in [1.82, 2.24) is 14.5 Å². The summed E-state index contributed by atoms with van der Waals surface area (Å²) < 4.78 is 6.98. The lowest BCUT2D eigenvalue weighted by Crippen LogP contribution is -2.24. The van der Waals surface area contributed by atoms with E-state index in [9.17, 15) is 4.79 Å². The molecule has 0 amide bonds. The van der Waals surface area contributed by atoms with Gasteiger partial charge in [-0.05, 0) is 36.2 Å². The average molecular weight is 424 g/mol. The van der Waals surface area contributed by atoms with Crippen LogP contribution < -0.4 is 10.3 Å². The van der Waals surface area contributed by atoms with Crippen molar-refractivity contribution < 1.29 is 4.74 Å². The van der Waals surface area contributed by atoms with E-state index in [2.05, 4.69) is 17.3 Å². The van der Waals surface area contributed by atoms with E-state index in [4.69, 9.17) is 9.72 Å². The number of para-hydroxylation sites is 1. The molecule has 7 heteroatoms. The van der Waals surface area contributed by atoms with E-state index in [-0.39, 0.29) is 5.56 Å². The summed E-state index contributed by atoms with van der Waals surface area (Å²) >= 11 is 3.23. The first-order valence-corrected chi connectivity index (χ1v) is 11.2. The van der Waals surface area contributed by atoms with E-state index in [0.29, 0.717) is 22.8 Å². The van der Waals surface area contributed by atoms with Gasteiger partial charge >= 0.3 is 0 Å². The number of methoxy groups -OCH3 is 1. The highest BCUT2D eigenvalue weighted by atomic mass is 32.2. The number of ether oxygens (including phenoxy) is 1. The predicted octanol–water partition coefficient (Wildman–Crippen LogP) is 4.76. The second-order valence-corrected chi connectivity index (χ2v) is 8.41. The van der Waals surface area contributed by atoms with Gasteiger partial charge in [-0.25, -0.2) is 9.97 Å². The van der Waals surface area contributed by atoms with Crippen molar-refractivity contribution in [2.75, 3.05) is 7.11 Å². The monoisotopic (exact) mass is 423 g/mol. The van der Waals surface area contributed by atoms with Crippen LogP contribution in [0.2, 0.25) is 0 Å². The average Bonchev–Trinajstić information content (AvgIpc) is 3.23. The molecule has 29 heavy (non-hydrogen) atoms. The molecule has 0 saturated carbocycles. The molecule has 4 aromatic rings. The molecule has 0 unspecified atom stereocenters. The van der Waals surface area contributed by atoms with Crippen LogP contribution in [0.4, 0.5) is 0 Å². The summed E-state index contributed by atoms with van der Waals surface area (Å²) in [5.74, 6) is 1.48. The Hall–Kier alpha value is -2.64. The van der Waals surface area contributed by atoms with Crippen LogP contribution in [0.3, 0.4) is 0 Å². The second kappa shape index (κ2) is 8.80. The lowest BCUT2D eigenvalue weighted by molar-refractivity contribution is 0.414. The number of rotatable bonds is 7. The van der Waals surface area contributed by atoms with Crippen LogP contribution in [0, 0.1) is 0 Å². The normalized spacial score (nSPS) is 11.1. The van der Waals surface area contributed by atoms with Crippen molar-refractivity contribution in [1.29, 1.82) is 0 Å². The Kier molecular flexibility index (Phi) is 5.97. The van der Waals surface area contributed by atoms with E-state index in [1.807, 2.05) is 48.5 Å². The lowest BCUT2D eigenvalue weighted by atomic mass is 10.2. The van der Waals surface area contributed by atoms with Crippen LogP contribution in [0.25, 0.3) is 10.9 Å². The lowest BCUT2D eigenvalue weighted by Gasteiger charge is -2.13. The van der Waals surface area contributed by atoms with Crippen molar-refractivity contribution in [2.45, 2.75) is 30.8 Å². The van der Waals surface area contributed by atoms with E-state index in [1.165, 1.54) is 0 Å². The zero-order valence-electron chi connectivity index (χ0n) is 16.3. The highest BCUT2D eigenvalue weighted by Gasteiger charge is 2.13. The minimum absolute atomic E-state index is 0.0264. The Morgan fingerprint density at radius 1 is 1.10 bits per heavy atom. The van der Waals surface area contributed by atoms with E-state index in [0.717, 1.165) is 34.0 Å². The molecule has 148 valence electrons. The number of nitrogens with zero attached hydrogens (tertiary/aromatic N) is 3. The summed E-state index contributed by atoms with van der Waals surface area (Å²) in [5, 5.41) is 4.55. The molecule has 0 saturated heterocycles. The minimum Gasteiger partial charge on any atom is -0.497 e. The number of thioether (sulfide) groups is 1. The number of benzene rings is 2. The van der Waals surface area contributed by atoms with Crippen LogP contribution in [0.5, 0.6) is 5.75 Å². The van der Waals surface area contributed by atoms with E-state index in [1.54, 1.807) is 34.8 Å². The summed E-state index contributed by atoms with van der Waals surface area (Å²) in [7, 11) is 1.64. The van der Waals surface area contributed by atoms with Gasteiger partial charge in [0.25, 0.3) is 5.56 Å². The van der Waals surface area contributed by atoms with Crippen molar-refractivity contribution in [3.8, 4) is 5.75 Å². The first-order valence-electron chi connectivity index (χ1n) is 9.36. The van der Waals surface area contributed by atoms with Gasteiger partial charge in [-0.15, -0.1) is 11.3 Å². The fourth-order valence-corrected chi connectivity index (χ4v) is 4.77.